The topological polar surface area (TPSA) is 38.8 Å². The van der Waals surface area contributed by atoms with E-state index in [4.69, 9.17) is 9.47 Å². The molecule has 0 amide bonds. The van der Waals surface area contributed by atoms with Crippen LogP contribution in [-0.4, -0.2) is 26.7 Å². The third-order valence-electron chi connectivity index (χ3n) is 7.38. The third kappa shape index (κ3) is 5.33. The first kappa shape index (κ1) is 25.6. The van der Waals surface area contributed by atoms with Crippen LogP contribution in [0.4, 0.5) is 5.69 Å². The van der Waals surface area contributed by atoms with Crippen LogP contribution < -0.4 is 9.64 Å². The summed E-state index contributed by atoms with van der Waals surface area (Å²) >= 11 is 0. The number of ether oxygens (including phenoxy) is 2. The molecule has 0 aliphatic carbocycles. The van der Waals surface area contributed by atoms with Crippen LogP contribution >= 0.6 is 0 Å². The number of benzene rings is 3. The number of methoxy groups -OCH3 is 2. The van der Waals surface area contributed by atoms with E-state index in [1.807, 2.05) is 0 Å². The highest BCUT2D eigenvalue weighted by atomic mass is 16.5. The first-order valence-corrected chi connectivity index (χ1v) is 12.9. The fourth-order valence-electron chi connectivity index (χ4n) is 5.25. The molecule has 0 saturated heterocycles. The maximum Gasteiger partial charge on any atom is 0.330 e. The molecule has 36 heavy (non-hydrogen) atoms. The van der Waals surface area contributed by atoms with Crippen LogP contribution in [0.5, 0.6) is 5.75 Å². The van der Waals surface area contributed by atoms with Crippen LogP contribution in [0.25, 0.3) is 6.08 Å². The van der Waals surface area contributed by atoms with E-state index in [2.05, 4.69) is 85.5 Å². The van der Waals surface area contributed by atoms with E-state index in [1.165, 1.54) is 60.4 Å². The average Bonchev–Trinajstić information content (AvgIpc) is 2.92. The molecule has 1 aliphatic heterocycles. The zero-order valence-electron chi connectivity index (χ0n) is 21.9. The number of anilines is 1. The second-order valence-electron chi connectivity index (χ2n) is 9.60. The highest BCUT2D eigenvalue weighted by Gasteiger charge is 2.40. The maximum atomic E-state index is 11.5. The number of carbonyl (C=O) groups is 1. The molecule has 0 saturated carbocycles. The van der Waals surface area contributed by atoms with Gasteiger partial charge in [0, 0.05) is 18.3 Å². The predicted molar refractivity (Wildman–Crippen MR) is 148 cm³/mol. The molecule has 4 heteroatoms. The Morgan fingerprint density at radius 3 is 2.42 bits per heavy atom. The van der Waals surface area contributed by atoms with E-state index in [-0.39, 0.29) is 11.5 Å². The minimum Gasteiger partial charge on any atom is -0.497 e. The number of rotatable bonds is 9. The van der Waals surface area contributed by atoms with Crippen molar-refractivity contribution in [3.05, 3.63) is 101 Å². The minimum atomic E-state index is -0.356. The van der Waals surface area contributed by atoms with Crippen molar-refractivity contribution in [2.45, 2.75) is 51.5 Å². The molecule has 3 aromatic rings. The van der Waals surface area contributed by atoms with Gasteiger partial charge in [0.1, 0.15) is 5.75 Å². The molecule has 0 spiro atoms. The first-order chi connectivity index (χ1) is 17.5. The van der Waals surface area contributed by atoms with Gasteiger partial charge >= 0.3 is 5.97 Å². The first-order valence-electron chi connectivity index (χ1n) is 12.9. The summed E-state index contributed by atoms with van der Waals surface area (Å²) in [6, 6.07) is 24.0. The Kier molecular flexibility index (Phi) is 8.14. The van der Waals surface area contributed by atoms with Gasteiger partial charge in [0.25, 0.3) is 0 Å². The van der Waals surface area contributed by atoms with E-state index in [0.717, 1.165) is 30.7 Å². The van der Waals surface area contributed by atoms with Crippen molar-refractivity contribution in [3.8, 4) is 5.75 Å². The highest BCUT2D eigenvalue weighted by molar-refractivity contribution is 5.86. The second-order valence-corrected chi connectivity index (χ2v) is 9.60. The van der Waals surface area contributed by atoms with E-state index in [9.17, 15) is 4.79 Å². The lowest BCUT2D eigenvalue weighted by Gasteiger charge is -2.48. The Labute approximate surface area is 215 Å². The number of carbonyl (C=O) groups excluding carboxylic acids is 1. The van der Waals surface area contributed by atoms with Gasteiger partial charge in [0.15, 0.2) is 0 Å². The van der Waals surface area contributed by atoms with Crippen LogP contribution in [0.3, 0.4) is 0 Å². The van der Waals surface area contributed by atoms with Gasteiger partial charge in [-0.25, -0.2) is 4.79 Å². The normalized spacial score (nSPS) is 17.2. The fourth-order valence-corrected chi connectivity index (χ4v) is 5.25. The third-order valence-corrected chi connectivity index (χ3v) is 7.38. The van der Waals surface area contributed by atoms with Crippen molar-refractivity contribution in [1.82, 2.24) is 0 Å². The monoisotopic (exact) mass is 483 g/mol. The van der Waals surface area contributed by atoms with Crippen molar-refractivity contribution in [1.29, 1.82) is 0 Å². The summed E-state index contributed by atoms with van der Waals surface area (Å²) in [5, 5.41) is 0. The quantitative estimate of drug-likeness (QED) is 0.188. The molecule has 0 radical (unpaired) electrons. The molecule has 3 aromatic carbocycles. The largest absolute Gasteiger partial charge is 0.497 e. The lowest BCUT2D eigenvalue weighted by molar-refractivity contribution is -0.134. The number of fused-ring (bicyclic) bond motifs is 1. The van der Waals surface area contributed by atoms with Gasteiger partial charge in [-0.2, -0.15) is 0 Å². The predicted octanol–water partition coefficient (Wildman–Crippen LogP) is 6.94. The van der Waals surface area contributed by atoms with Crippen molar-refractivity contribution < 1.29 is 14.3 Å². The standard InChI is InChI=1S/C32H37NO3/c1-5-6-7-8-24-11-16-28(17-12-24)33-22-21-26-23-29(35-3)18-19-30(26)32(33,2)27-14-9-25(10-15-27)13-20-31(34)36-4/h9-20,23H,5-8,21-22H2,1-4H3/b20-13+. The van der Waals surface area contributed by atoms with Crippen molar-refractivity contribution >= 4 is 17.7 Å². The van der Waals surface area contributed by atoms with Crippen LogP contribution in [0.2, 0.25) is 0 Å². The Bertz CT molecular complexity index is 1200. The molecule has 4 rings (SSSR count). The molecule has 0 N–H and O–H groups in total. The number of nitrogens with zero attached hydrogens (tertiary/aromatic N) is 1. The van der Waals surface area contributed by atoms with Crippen molar-refractivity contribution in [2.75, 3.05) is 25.7 Å². The molecular formula is C32H37NO3. The van der Waals surface area contributed by atoms with Crippen molar-refractivity contribution in [2.24, 2.45) is 0 Å². The molecule has 1 aliphatic rings. The molecule has 0 aromatic heterocycles. The summed E-state index contributed by atoms with van der Waals surface area (Å²) in [5.74, 6) is 0.537. The molecule has 1 atom stereocenters. The van der Waals surface area contributed by atoms with E-state index < -0.39 is 0 Å². The van der Waals surface area contributed by atoms with E-state index in [0.29, 0.717) is 0 Å². The highest BCUT2D eigenvalue weighted by Crippen LogP contribution is 2.44. The molecule has 4 nitrogen and oxygen atoms in total. The zero-order valence-corrected chi connectivity index (χ0v) is 21.9. The number of esters is 1. The fraction of sp³-hybridized carbons (Fsp3) is 0.344. The Morgan fingerprint density at radius 2 is 1.75 bits per heavy atom. The van der Waals surface area contributed by atoms with Gasteiger partial charge in [-0.15, -0.1) is 0 Å². The molecular weight excluding hydrogens is 446 g/mol. The van der Waals surface area contributed by atoms with Crippen LogP contribution in [0, 0.1) is 0 Å². The van der Waals surface area contributed by atoms with Crippen LogP contribution in [0.15, 0.2) is 72.8 Å². The maximum absolute atomic E-state index is 11.5. The number of aryl methyl sites for hydroxylation is 1. The van der Waals surface area contributed by atoms with Gasteiger partial charge < -0.3 is 14.4 Å². The molecule has 0 fully saturated rings. The smallest absolute Gasteiger partial charge is 0.330 e. The van der Waals surface area contributed by atoms with E-state index in [1.54, 1.807) is 13.2 Å². The number of hydrogen-bond donors (Lipinski definition) is 0. The van der Waals surface area contributed by atoms with Gasteiger partial charge in [-0.3, -0.25) is 0 Å². The number of hydrogen-bond acceptors (Lipinski definition) is 4. The number of unbranched alkanes of at least 4 members (excludes halogenated alkanes) is 2. The SMILES string of the molecule is CCCCCc1ccc(N2CCc3cc(OC)ccc3C2(C)c2ccc(/C=C/C(=O)OC)cc2)cc1. The summed E-state index contributed by atoms with van der Waals surface area (Å²) in [5.41, 5.74) is 7.05. The van der Waals surface area contributed by atoms with Crippen LogP contribution in [-0.2, 0) is 27.9 Å². The summed E-state index contributed by atoms with van der Waals surface area (Å²) in [4.78, 5) is 14.0. The molecule has 188 valence electrons. The zero-order chi connectivity index (χ0) is 25.5. The summed E-state index contributed by atoms with van der Waals surface area (Å²) < 4.78 is 10.3. The lowest BCUT2D eigenvalue weighted by atomic mass is 9.76. The van der Waals surface area contributed by atoms with Gasteiger partial charge in [0.05, 0.1) is 19.8 Å². The summed E-state index contributed by atoms with van der Waals surface area (Å²) in [7, 11) is 3.11. The molecule has 0 bridgehead atoms. The minimum absolute atomic E-state index is 0.353. The molecule has 1 unspecified atom stereocenters. The van der Waals surface area contributed by atoms with Crippen molar-refractivity contribution in [3.63, 3.8) is 0 Å². The Hall–Kier alpha value is -3.53. The van der Waals surface area contributed by atoms with E-state index >= 15 is 0 Å². The van der Waals surface area contributed by atoms with Gasteiger partial charge in [-0.1, -0.05) is 62.2 Å². The summed E-state index contributed by atoms with van der Waals surface area (Å²) in [6.07, 6.45) is 9.08. The van der Waals surface area contributed by atoms with Gasteiger partial charge in [0.2, 0.25) is 0 Å². The lowest BCUT2D eigenvalue weighted by Crippen LogP contribution is -2.49. The van der Waals surface area contributed by atoms with Gasteiger partial charge in [-0.05, 0) is 84.3 Å². The second kappa shape index (κ2) is 11.5. The summed E-state index contributed by atoms with van der Waals surface area (Å²) in [6.45, 7) is 5.47. The molecule has 1 heterocycles. The average molecular weight is 484 g/mol. The van der Waals surface area contributed by atoms with Crippen LogP contribution in [0.1, 0.15) is 60.9 Å². The Morgan fingerprint density at radius 1 is 1.00 bits per heavy atom. The Balaban J connectivity index is 1.72.